The molecule has 0 radical (unpaired) electrons. The van der Waals surface area contributed by atoms with Gasteiger partial charge in [0, 0.05) is 50.5 Å². The van der Waals surface area contributed by atoms with E-state index >= 15 is 0 Å². The van der Waals surface area contributed by atoms with Crippen molar-refractivity contribution in [2.24, 2.45) is 17.8 Å². The van der Waals surface area contributed by atoms with Crippen molar-refractivity contribution >= 4 is 5.82 Å². The molecule has 3 atom stereocenters. The second-order valence-electron chi connectivity index (χ2n) is 9.26. The predicted molar refractivity (Wildman–Crippen MR) is 118 cm³/mol. The molecule has 6 nitrogen and oxygen atoms in total. The molecular weight excluding hydrogens is 395 g/mol. The summed E-state index contributed by atoms with van der Waals surface area (Å²) < 4.78 is 24.6. The molecule has 166 valence electrons. The lowest BCUT2D eigenvalue weighted by Crippen LogP contribution is -2.32. The lowest BCUT2D eigenvalue weighted by atomic mass is 10.00. The number of hydrogen-bond donors (Lipinski definition) is 1. The van der Waals surface area contributed by atoms with Gasteiger partial charge in [-0.2, -0.15) is 0 Å². The summed E-state index contributed by atoms with van der Waals surface area (Å²) in [5.41, 5.74) is 1.30. The van der Waals surface area contributed by atoms with E-state index in [0.717, 1.165) is 43.8 Å². The van der Waals surface area contributed by atoms with E-state index in [2.05, 4.69) is 20.4 Å². The number of fused-ring (bicyclic) bond motifs is 1. The molecule has 0 spiro atoms. The van der Waals surface area contributed by atoms with Gasteiger partial charge in [0.05, 0.1) is 12.8 Å². The van der Waals surface area contributed by atoms with Crippen LogP contribution in [0.4, 0.5) is 10.2 Å². The van der Waals surface area contributed by atoms with Crippen LogP contribution in [0.1, 0.15) is 25.7 Å². The fourth-order valence-corrected chi connectivity index (χ4v) is 5.57. The first-order valence-corrected chi connectivity index (χ1v) is 11.4. The fourth-order valence-electron chi connectivity index (χ4n) is 5.57. The molecule has 0 unspecified atom stereocenters. The number of hydrogen-bond acceptors (Lipinski definition) is 6. The number of nitrogens with one attached hydrogen (secondary N) is 1. The maximum Gasteiger partial charge on any atom is 0.191 e. The first-order valence-electron chi connectivity index (χ1n) is 11.4. The maximum absolute atomic E-state index is 13.6. The third kappa shape index (κ3) is 4.67. The summed E-state index contributed by atoms with van der Waals surface area (Å²) in [6.45, 7) is 5.51. The van der Waals surface area contributed by atoms with Gasteiger partial charge in [-0.3, -0.25) is 0 Å². The van der Waals surface area contributed by atoms with Crippen LogP contribution in [0.3, 0.4) is 0 Å². The van der Waals surface area contributed by atoms with Crippen LogP contribution in [0.5, 0.6) is 5.75 Å². The van der Waals surface area contributed by atoms with Crippen LogP contribution in [0.25, 0.3) is 11.3 Å². The molecule has 7 heteroatoms. The van der Waals surface area contributed by atoms with Gasteiger partial charge >= 0.3 is 0 Å². The molecule has 3 heterocycles. The molecule has 1 N–H and O–H groups in total. The van der Waals surface area contributed by atoms with E-state index in [9.17, 15) is 4.39 Å². The van der Waals surface area contributed by atoms with Crippen molar-refractivity contribution in [1.82, 2.24) is 15.1 Å². The van der Waals surface area contributed by atoms with Crippen LogP contribution in [-0.2, 0) is 4.74 Å². The van der Waals surface area contributed by atoms with Gasteiger partial charge in [0.2, 0.25) is 0 Å². The summed E-state index contributed by atoms with van der Waals surface area (Å²) in [5.74, 6) is 3.34. The molecule has 3 aliphatic rings. The van der Waals surface area contributed by atoms with E-state index < -0.39 is 0 Å². The zero-order valence-electron chi connectivity index (χ0n) is 18.1. The zero-order chi connectivity index (χ0) is 21.2. The minimum absolute atomic E-state index is 0.288. The molecule has 2 saturated heterocycles. The van der Waals surface area contributed by atoms with Crippen molar-refractivity contribution in [2.45, 2.75) is 31.7 Å². The summed E-state index contributed by atoms with van der Waals surface area (Å²) in [6.07, 6.45) is 4.73. The highest BCUT2D eigenvalue weighted by Crippen LogP contribution is 2.40. The Labute approximate surface area is 183 Å². The summed E-state index contributed by atoms with van der Waals surface area (Å²) >= 11 is 0. The molecule has 2 aliphatic heterocycles. The van der Waals surface area contributed by atoms with E-state index in [1.165, 1.54) is 44.6 Å². The number of aromatic nitrogens is 2. The largest absolute Gasteiger partial charge is 0.493 e. The summed E-state index contributed by atoms with van der Waals surface area (Å²) in [7, 11) is 1.63. The molecule has 0 bridgehead atoms. The minimum Gasteiger partial charge on any atom is -0.493 e. The SMILES string of the molecule is COc1cc(-c2cccc(F)c2)nnc1N[C@H]1C[C@@H]2CN(CC3CCOCC3)C[C@@H]2C1. The number of benzene rings is 1. The van der Waals surface area contributed by atoms with Crippen molar-refractivity contribution in [2.75, 3.05) is 45.3 Å². The van der Waals surface area contributed by atoms with E-state index in [-0.39, 0.29) is 5.82 Å². The molecule has 1 aromatic heterocycles. The van der Waals surface area contributed by atoms with Gasteiger partial charge in [-0.05, 0) is 55.6 Å². The maximum atomic E-state index is 13.6. The smallest absolute Gasteiger partial charge is 0.191 e. The number of ether oxygens (including phenoxy) is 2. The molecular formula is C24H31FN4O2. The van der Waals surface area contributed by atoms with Crippen molar-refractivity contribution in [3.05, 3.63) is 36.1 Å². The highest BCUT2D eigenvalue weighted by Gasteiger charge is 2.41. The Balaban J connectivity index is 1.19. The Morgan fingerprint density at radius 2 is 1.90 bits per heavy atom. The van der Waals surface area contributed by atoms with Crippen LogP contribution in [0, 0.1) is 23.6 Å². The van der Waals surface area contributed by atoms with Gasteiger partial charge in [-0.1, -0.05) is 12.1 Å². The summed E-state index contributed by atoms with van der Waals surface area (Å²) in [4.78, 5) is 2.68. The van der Waals surface area contributed by atoms with Crippen molar-refractivity contribution in [3.63, 3.8) is 0 Å². The van der Waals surface area contributed by atoms with Gasteiger partial charge in [0.15, 0.2) is 11.6 Å². The highest BCUT2D eigenvalue weighted by atomic mass is 19.1. The number of rotatable bonds is 6. The van der Waals surface area contributed by atoms with Crippen molar-refractivity contribution in [1.29, 1.82) is 0 Å². The topological polar surface area (TPSA) is 59.5 Å². The first kappa shape index (κ1) is 20.6. The third-order valence-corrected chi connectivity index (χ3v) is 7.12. The van der Waals surface area contributed by atoms with Gasteiger partial charge < -0.3 is 19.7 Å². The average molecular weight is 427 g/mol. The van der Waals surface area contributed by atoms with E-state index in [0.29, 0.717) is 28.9 Å². The third-order valence-electron chi connectivity index (χ3n) is 7.12. The lowest BCUT2D eigenvalue weighted by molar-refractivity contribution is 0.0545. The Morgan fingerprint density at radius 1 is 1.13 bits per heavy atom. The van der Waals surface area contributed by atoms with Crippen LogP contribution in [0.2, 0.25) is 0 Å². The Bertz CT molecular complexity index is 891. The Kier molecular flexibility index (Phi) is 6.05. The molecule has 31 heavy (non-hydrogen) atoms. The van der Waals surface area contributed by atoms with E-state index in [1.807, 2.05) is 12.1 Å². The van der Waals surface area contributed by atoms with Gasteiger partial charge in [0.25, 0.3) is 0 Å². The van der Waals surface area contributed by atoms with E-state index in [1.54, 1.807) is 13.2 Å². The van der Waals surface area contributed by atoms with Gasteiger partial charge in [-0.25, -0.2) is 4.39 Å². The highest BCUT2D eigenvalue weighted by molar-refractivity contribution is 5.64. The summed E-state index contributed by atoms with van der Waals surface area (Å²) in [5, 5.41) is 12.3. The van der Waals surface area contributed by atoms with Crippen molar-refractivity contribution < 1.29 is 13.9 Å². The van der Waals surface area contributed by atoms with E-state index in [4.69, 9.17) is 9.47 Å². The second-order valence-corrected chi connectivity index (χ2v) is 9.26. The Morgan fingerprint density at radius 3 is 2.61 bits per heavy atom. The molecule has 2 aromatic rings. The number of halogens is 1. The van der Waals surface area contributed by atoms with Crippen LogP contribution in [0.15, 0.2) is 30.3 Å². The first-order chi connectivity index (χ1) is 15.2. The quantitative estimate of drug-likeness (QED) is 0.757. The number of nitrogens with zero attached hydrogens (tertiary/aromatic N) is 3. The number of likely N-dealkylation sites (tertiary alicyclic amines) is 1. The molecule has 1 aromatic carbocycles. The average Bonchev–Trinajstić information content (AvgIpc) is 3.32. The standard InChI is InChI=1S/C24H31FN4O2/c1-30-23-12-22(17-3-2-4-20(25)9-17)27-28-24(23)26-21-10-18-14-29(15-19(18)11-21)13-16-5-7-31-8-6-16/h2-4,9,12,16,18-19,21H,5-8,10-11,13-15H2,1H3,(H,26,28)/t18-,19+,21+. The van der Waals surface area contributed by atoms with Crippen LogP contribution < -0.4 is 10.1 Å². The van der Waals surface area contributed by atoms with Crippen LogP contribution >= 0.6 is 0 Å². The molecule has 3 fully saturated rings. The number of methoxy groups -OCH3 is 1. The van der Waals surface area contributed by atoms with Gasteiger partial charge in [0.1, 0.15) is 5.82 Å². The zero-order valence-corrected chi connectivity index (χ0v) is 18.1. The minimum atomic E-state index is -0.288. The molecule has 0 amide bonds. The molecule has 5 rings (SSSR count). The fraction of sp³-hybridized carbons (Fsp3) is 0.583. The van der Waals surface area contributed by atoms with Gasteiger partial charge in [-0.15, -0.1) is 10.2 Å². The number of anilines is 1. The molecule has 1 aliphatic carbocycles. The monoisotopic (exact) mass is 426 g/mol. The normalized spacial score (nSPS) is 26.7. The second kappa shape index (κ2) is 9.09. The van der Waals surface area contributed by atoms with Crippen LogP contribution in [-0.4, -0.2) is 61.1 Å². The molecule has 1 saturated carbocycles. The lowest BCUT2D eigenvalue weighted by Gasteiger charge is -2.27. The predicted octanol–water partition coefficient (Wildman–Crippen LogP) is 3.84. The summed E-state index contributed by atoms with van der Waals surface area (Å²) in [6, 6.07) is 8.60. The Hall–Kier alpha value is -2.25. The van der Waals surface area contributed by atoms with Crippen molar-refractivity contribution in [3.8, 4) is 17.0 Å².